The number of alkyl carbamates (subject to hydrolysis) is 2. The van der Waals surface area contributed by atoms with Crippen LogP contribution in [0.25, 0.3) is 0 Å². The molecule has 0 bridgehead atoms. The lowest BCUT2D eigenvalue weighted by Gasteiger charge is -2.33. The summed E-state index contributed by atoms with van der Waals surface area (Å²) in [5.41, 5.74) is 2.72. The number of amides is 4. The van der Waals surface area contributed by atoms with Crippen LogP contribution in [0.4, 0.5) is 9.59 Å². The van der Waals surface area contributed by atoms with E-state index in [1.54, 1.807) is 12.1 Å². The van der Waals surface area contributed by atoms with Crippen molar-refractivity contribution in [3.05, 3.63) is 35.9 Å². The predicted molar refractivity (Wildman–Crippen MR) is 145 cm³/mol. The Balaban J connectivity index is 2.97. The molecule has 0 spiro atoms. The zero-order valence-corrected chi connectivity index (χ0v) is 24.1. The Kier molecular flexibility index (Phi) is 12.5. The second kappa shape index (κ2) is 14.6. The van der Waals surface area contributed by atoms with Crippen molar-refractivity contribution in [2.75, 3.05) is 27.8 Å². The fraction of sp³-hybridized carbons (Fsp3) is 0.630. The van der Waals surface area contributed by atoms with Crippen LogP contribution < -0.4 is 21.4 Å². The van der Waals surface area contributed by atoms with E-state index in [1.807, 2.05) is 71.9 Å². The van der Waals surface area contributed by atoms with Gasteiger partial charge in [-0.15, -0.1) is 0 Å². The molecule has 0 unspecified atom stereocenters. The van der Waals surface area contributed by atoms with Crippen molar-refractivity contribution in [2.24, 2.45) is 10.8 Å². The lowest BCUT2D eigenvalue weighted by Crippen LogP contribution is -2.57. The number of nitrogens with one attached hydrogen (secondary N) is 4. The lowest BCUT2D eigenvalue weighted by molar-refractivity contribution is -0.130. The summed E-state index contributed by atoms with van der Waals surface area (Å²) in [4.78, 5) is 49.9. The van der Waals surface area contributed by atoms with Crippen molar-refractivity contribution in [1.82, 2.24) is 26.4 Å². The molecule has 0 saturated carbocycles. The Morgan fingerprint density at radius 1 is 0.789 bits per heavy atom. The molecule has 1 rings (SSSR count). The van der Waals surface area contributed by atoms with Crippen LogP contribution in [0.3, 0.4) is 0 Å². The van der Waals surface area contributed by atoms with E-state index in [0.29, 0.717) is 19.4 Å². The normalized spacial score (nSPS) is 14.1. The molecule has 11 nitrogen and oxygen atoms in total. The van der Waals surface area contributed by atoms with Crippen molar-refractivity contribution in [3.8, 4) is 0 Å². The first-order chi connectivity index (χ1) is 17.6. The number of nitrogens with zero attached hydrogens (tertiary/aromatic N) is 1. The Morgan fingerprint density at radius 2 is 1.26 bits per heavy atom. The molecule has 38 heavy (non-hydrogen) atoms. The molecule has 0 aliphatic heterocycles. The number of methoxy groups -OCH3 is 2. The van der Waals surface area contributed by atoms with E-state index in [1.165, 1.54) is 14.2 Å². The molecule has 1 aromatic carbocycles. The van der Waals surface area contributed by atoms with Gasteiger partial charge in [0.25, 0.3) is 5.91 Å². The van der Waals surface area contributed by atoms with Crippen LogP contribution in [0, 0.1) is 10.8 Å². The maximum absolute atomic E-state index is 13.3. The molecular weight excluding hydrogens is 490 g/mol. The number of hydrazine groups is 1. The smallest absolute Gasteiger partial charge is 0.407 e. The molecule has 0 saturated heterocycles. The van der Waals surface area contributed by atoms with Crippen LogP contribution in [-0.2, 0) is 25.5 Å². The molecular formula is C27H45N5O6. The van der Waals surface area contributed by atoms with E-state index >= 15 is 0 Å². The molecule has 1 aromatic rings. The number of hydrogen-bond donors (Lipinski definition) is 4. The summed E-state index contributed by atoms with van der Waals surface area (Å²) in [6.07, 6.45) is -0.326. The minimum atomic E-state index is -0.825. The van der Waals surface area contributed by atoms with Gasteiger partial charge in [0.15, 0.2) is 0 Å². The highest BCUT2D eigenvalue weighted by Crippen LogP contribution is 2.21. The summed E-state index contributed by atoms with van der Waals surface area (Å²) in [6, 6.07) is 7.80. The topological polar surface area (TPSA) is 138 Å². The molecule has 0 aromatic heterocycles. The van der Waals surface area contributed by atoms with Crippen LogP contribution in [0.2, 0.25) is 0 Å². The van der Waals surface area contributed by atoms with Gasteiger partial charge < -0.3 is 25.4 Å². The van der Waals surface area contributed by atoms with Gasteiger partial charge in [-0.2, -0.15) is 0 Å². The Hall–Kier alpha value is -3.34. The fourth-order valence-electron chi connectivity index (χ4n) is 3.77. The molecule has 0 aliphatic rings. The number of ether oxygens (including phenoxy) is 2. The first-order valence-corrected chi connectivity index (χ1v) is 12.6. The van der Waals surface area contributed by atoms with Crippen LogP contribution in [-0.4, -0.2) is 74.9 Å². The molecule has 214 valence electrons. The van der Waals surface area contributed by atoms with E-state index in [4.69, 9.17) is 4.74 Å². The minimum absolute atomic E-state index is 0.292. The highest BCUT2D eigenvalue weighted by Gasteiger charge is 2.35. The van der Waals surface area contributed by atoms with Crippen molar-refractivity contribution in [1.29, 1.82) is 0 Å². The SMILES string of the molecule is COC(=O)N[C@H](C(=O)N[C@H](CCN(C)NC(=O)[C@@H](NC(=O)OC)C(C)(C)C)Cc1ccccc1)C(C)(C)C. The quantitative estimate of drug-likeness (QED) is 0.320. The number of carbonyl (C=O) groups is 4. The van der Waals surface area contributed by atoms with Gasteiger partial charge >= 0.3 is 12.2 Å². The fourth-order valence-corrected chi connectivity index (χ4v) is 3.77. The first kappa shape index (κ1) is 32.7. The van der Waals surface area contributed by atoms with Crippen LogP contribution >= 0.6 is 0 Å². The van der Waals surface area contributed by atoms with Crippen molar-refractivity contribution >= 4 is 24.0 Å². The monoisotopic (exact) mass is 535 g/mol. The van der Waals surface area contributed by atoms with E-state index in [9.17, 15) is 19.2 Å². The third-order valence-electron chi connectivity index (χ3n) is 5.94. The van der Waals surface area contributed by atoms with E-state index < -0.39 is 35.1 Å². The first-order valence-electron chi connectivity index (χ1n) is 12.6. The summed E-state index contributed by atoms with van der Waals surface area (Å²) < 4.78 is 9.37. The number of hydrogen-bond acceptors (Lipinski definition) is 7. The van der Waals surface area contributed by atoms with Crippen molar-refractivity contribution < 1.29 is 28.7 Å². The highest BCUT2D eigenvalue weighted by molar-refractivity contribution is 5.87. The van der Waals surface area contributed by atoms with Gasteiger partial charge in [0, 0.05) is 19.6 Å². The summed E-state index contributed by atoms with van der Waals surface area (Å²) in [6.45, 7) is 11.5. The van der Waals surface area contributed by atoms with Crippen LogP contribution in [0.1, 0.15) is 53.5 Å². The average molecular weight is 536 g/mol. The van der Waals surface area contributed by atoms with Crippen LogP contribution in [0.5, 0.6) is 0 Å². The van der Waals surface area contributed by atoms with Gasteiger partial charge in [0.1, 0.15) is 12.1 Å². The third-order valence-corrected chi connectivity index (χ3v) is 5.94. The molecule has 4 amide bonds. The van der Waals surface area contributed by atoms with Crippen molar-refractivity contribution in [2.45, 2.75) is 72.5 Å². The van der Waals surface area contributed by atoms with Gasteiger partial charge in [0.2, 0.25) is 5.91 Å². The molecule has 0 fully saturated rings. The number of carbonyl (C=O) groups excluding carboxylic acids is 4. The molecule has 0 aliphatic carbocycles. The molecule has 11 heteroatoms. The Bertz CT molecular complexity index is 926. The summed E-state index contributed by atoms with van der Waals surface area (Å²) in [5, 5.41) is 9.90. The lowest BCUT2D eigenvalue weighted by atomic mass is 9.86. The van der Waals surface area contributed by atoms with E-state index in [0.717, 1.165) is 5.56 Å². The van der Waals surface area contributed by atoms with Gasteiger partial charge in [-0.3, -0.25) is 15.0 Å². The average Bonchev–Trinajstić information content (AvgIpc) is 2.82. The van der Waals surface area contributed by atoms with Gasteiger partial charge in [-0.05, 0) is 29.2 Å². The zero-order valence-electron chi connectivity index (χ0n) is 24.1. The van der Waals surface area contributed by atoms with Gasteiger partial charge in [-0.1, -0.05) is 71.9 Å². The van der Waals surface area contributed by atoms with E-state index in [2.05, 4.69) is 26.1 Å². The summed E-state index contributed by atoms with van der Waals surface area (Å²) in [7, 11) is 4.21. The largest absolute Gasteiger partial charge is 0.453 e. The number of benzene rings is 1. The van der Waals surface area contributed by atoms with Gasteiger partial charge in [0.05, 0.1) is 14.2 Å². The highest BCUT2D eigenvalue weighted by atomic mass is 16.5. The summed E-state index contributed by atoms with van der Waals surface area (Å²) >= 11 is 0. The van der Waals surface area contributed by atoms with E-state index in [-0.39, 0.29) is 17.9 Å². The van der Waals surface area contributed by atoms with Crippen molar-refractivity contribution in [3.63, 3.8) is 0 Å². The second-order valence-corrected chi connectivity index (χ2v) is 11.5. The molecule has 0 heterocycles. The Morgan fingerprint density at radius 3 is 1.71 bits per heavy atom. The molecule has 0 radical (unpaired) electrons. The summed E-state index contributed by atoms with van der Waals surface area (Å²) in [5.74, 6) is -0.713. The van der Waals surface area contributed by atoms with Gasteiger partial charge in [-0.25, -0.2) is 14.6 Å². The Labute approximate surface area is 226 Å². The standard InChI is InChI=1S/C27H45N5O6/c1-26(2,3)20(29-24(35)37-8)22(33)28-19(17-18-13-11-10-12-14-18)15-16-32(7)31-23(34)21(27(4,5)6)30-25(36)38-9/h10-14,19-21H,15-17H2,1-9H3,(H,28,33)(H,29,35)(H,30,36)(H,31,34)/t19-,20-,21-/m1/s1. The molecule has 3 atom stereocenters. The molecule has 4 N–H and O–H groups in total. The third kappa shape index (κ3) is 11.4. The predicted octanol–water partition coefficient (Wildman–Crippen LogP) is 2.61. The minimum Gasteiger partial charge on any atom is -0.453 e. The number of rotatable bonds is 11. The second-order valence-electron chi connectivity index (χ2n) is 11.5. The van der Waals surface area contributed by atoms with Crippen LogP contribution in [0.15, 0.2) is 30.3 Å². The maximum atomic E-state index is 13.3. The zero-order chi connectivity index (χ0) is 29.1. The maximum Gasteiger partial charge on any atom is 0.407 e.